The molecule has 0 bridgehead atoms. The van der Waals surface area contributed by atoms with Crippen LogP contribution in [0.2, 0.25) is 0 Å². The highest BCUT2D eigenvalue weighted by atomic mass is 16.5. The summed E-state index contributed by atoms with van der Waals surface area (Å²) in [6, 6.07) is 15.0. The number of nitrogens with one attached hydrogen (secondary N) is 1. The molecule has 1 atom stereocenters. The quantitative estimate of drug-likeness (QED) is 0.721. The van der Waals surface area contributed by atoms with Crippen LogP contribution in [0.1, 0.15) is 41.4 Å². The Morgan fingerprint density at radius 2 is 1.88 bits per heavy atom. The van der Waals surface area contributed by atoms with Crippen molar-refractivity contribution in [2.24, 2.45) is 0 Å². The lowest BCUT2D eigenvalue weighted by Crippen LogP contribution is -2.28. The molecule has 0 saturated heterocycles. The molecule has 2 aromatic carbocycles. The number of aliphatic hydroxyl groups is 1. The number of carbonyl (C=O) groups is 1. The lowest BCUT2D eigenvalue weighted by atomic mass is 10.0. The van der Waals surface area contributed by atoms with Crippen molar-refractivity contribution in [3.63, 3.8) is 0 Å². The Balaban J connectivity index is 2.19. The summed E-state index contributed by atoms with van der Waals surface area (Å²) in [5.74, 6) is 0.0563. The first-order chi connectivity index (χ1) is 12.0. The van der Waals surface area contributed by atoms with Crippen molar-refractivity contribution in [3.8, 4) is 5.75 Å². The second-order valence-electron chi connectivity index (χ2n) is 6.14. The summed E-state index contributed by atoms with van der Waals surface area (Å²) in [6.45, 7) is 4.78. The fourth-order valence-corrected chi connectivity index (χ4v) is 2.34. The van der Waals surface area contributed by atoms with E-state index >= 15 is 0 Å². The van der Waals surface area contributed by atoms with E-state index in [4.69, 9.17) is 9.47 Å². The molecule has 0 aliphatic carbocycles. The number of rotatable bonds is 8. The molecule has 0 aliphatic rings. The molecule has 0 spiro atoms. The zero-order chi connectivity index (χ0) is 18.2. The first kappa shape index (κ1) is 19.0. The van der Waals surface area contributed by atoms with Gasteiger partial charge in [-0.25, -0.2) is 4.79 Å². The molecule has 5 nitrogen and oxygen atoms in total. The van der Waals surface area contributed by atoms with Gasteiger partial charge in [0.2, 0.25) is 0 Å². The second kappa shape index (κ2) is 9.20. The predicted octanol–water partition coefficient (Wildman–Crippen LogP) is 3.08. The average Bonchev–Trinajstić information content (AvgIpc) is 2.64. The van der Waals surface area contributed by atoms with Gasteiger partial charge < -0.3 is 19.9 Å². The van der Waals surface area contributed by atoms with Crippen molar-refractivity contribution >= 4 is 5.97 Å². The number of aliphatic hydroxyl groups excluding tert-OH is 1. The summed E-state index contributed by atoms with van der Waals surface area (Å²) < 4.78 is 10.6. The highest BCUT2D eigenvalue weighted by Crippen LogP contribution is 2.23. The van der Waals surface area contributed by atoms with Crippen LogP contribution in [0.3, 0.4) is 0 Å². The van der Waals surface area contributed by atoms with Gasteiger partial charge in [-0.2, -0.15) is 0 Å². The molecule has 0 aliphatic heterocycles. The SMILES string of the molecule is COC(=O)c1cc(OCc2ccccc2)cc(C(O)CNC(C)C)c1. The van der Waals surface area contributed by atoms with Gasteiger partial charge in [0.1, 0.15) is 12.4 Å². The largest absolute Gasteiger partial charge is 0.489 e. The van der Waals surface area contributed by atoms with Crippen LogP contribution < -0.4 is 10.1 Å². The maximum Gasteiger partial charge on any atom is 0.337 e. The summed E-state index contributed by atoms with van der Waals surface area (Å²) in [6.07, 6.45) is -0.744. The predicted molar refractivity (Wildman–Crippen MR) is 96.7 cm³/mol. The van der Waals surface area contributed by atoms with Crippen LogP contribution in [0, 0.1) is 0 Å². The Morgan fingerprint density at radius 3 is 2.52 bits per heavy atom. The van der Waals surface area contributed by atoms with Crippen LogP contribution in [0.5, 0.6) is 5.75 Å². The summed E-state index contributed by atoms with van der Waals surface area (Å²) in [5, 5.41) is 13.6. The van der Waals surface area contributed by atoms with E-state index in [1.54, 1.807) is 18.2 Å². The van der Waals surface area contributed by atoms with Crippen LogP contribution in [-0.4, -0.2) is 30.8 Å². The van der Waals surface area contributed by atoms with Gasteiger partial charge in [-0.3, -0.25) is 0 Å². The highest BCUT2D eigenvalue weighted by molar-refractivity contribution is 5.90. The van der Waals surface area contributed by atoms with Gasteiger partial charge in [-0.15, -0.1) is 0 Å². The molecule has 2 aromatic rings. The van der Waals surface area contributed by atoms with E-state index in [1.807, 2.05) is 44.2 Å². The number of esters is 1. The smallest absolute Gasteiger partial charge is 0.337 e. The number of hydrogen-bond acceptors (Lipinski definition) is 5. The van der Waals surface area contributed by atoms with Crippen molar-refractivity contribution in [2.75, 3.05) is 13.7 Å². The summed E-state index contributed by atoms with van der Waals surface area (Å²) in [4.78, 5) is 11.9. The Morgan fingerprint density at radius 1 is 1.16 bits per heavy atom. The normalized spacial score (nSPS) is 12.0. The number of hydrogen-bond donors (Lipinski definition) is 2. The lowest BCUT2D eigenvalue weighted by molar-refractivity contribution is 0.0599. The number of ether oxygens (including phenoxy) is 2. The molecule has 1 unspecified atom stereocenters. The van der Waals surface area contributed by atoms with Gasteiger partial charge in [0, 0.05) is 12.6 Å². The van der Waals surface area contributed by atoms with Crippen molar-refractivity contribution in [1.29, 1.82) is 0 Å². The molecule has 25 heavy (non-hydrogen) atoms. The van der Waals surface area contributed by atoms with Gasteiger partial charge in [-0.05, 0) is 29.3 Å². The minimum absolute atomic E-state index is 0.257. The Bertz CT molecular complexity index is 685. The topological polar surface area (TPSA) is 67.8 Å². The van der Waals surface area contributed by atoms with Gasteiger partial charge in [0.05, 0.1) is 18.8 Å². The Labute approximate surface area is 148 Å². The third-order valence-corrected chi connectivity index (χ3v) is 3.70. The first-order valence-corrected chi connectivity index (χ1v) is 8.31. The third kappa shape index (κ3) is 5.89. The van der Waals surface area contributed by atoms with Crippen LogP contribution in [0.15, 0.2) is 48.5 Å². The number of benzene rings is 2. The summed E-state index contributed by atoms with van der Waals surface area (Å²) >= 11 is 0. The Hall–Kier alpha value is -2.37. The minimum atomic E-state index is -0.744. The molecule has 2 rings (SSSR count). The summed E-state index contributed by atoms with van der Waals surface area (Å²) in [7, 11) is 1.33. The monoisotopic (exact) mass is 343 g/mol. The standard InChI is InChI=1S/C20H25NO4/c1-14(2)21-12-19(22)16-9-17(20(23)24-3)11-18(10-16)25-13-15-7-5-4-6-8-15/h4-11,14,19,21-22H,12-13H2,1-3H3. The highest BCUT2D eigenvalue weighted by Gasteiger charge is 2.15. The molecule has 134 valence electrons. The lowest BCUT2D eigenvalue weighted by Gasteiger charge is -2.17. The average molecular weight is 343 g/mol. The van der Waals surface area contributed by atoms with Crippen molar-refractivity contribution in [3.05, 3.63) is 65.2 Å². The fraction of sp³-hybridized carbons (Fsp3) is 0.350. The van der Waals surface area contributed by atoms with Crippen molar-refractivity contribution in [2.45, 2.75) is 32.6 Å². The Kier molecular flexibility index (Phi) is 6.98. The summed E-state index contributed by atoms with van der Waals surface area (Å²) in [5.41, 5.74) is 1.99. The van der Waals surface area contributed by atoms with Crippen LogP contribution >= 0.6 is 0 Å². The molecule has 0 heterocycles. The molecule has 0 amide bonds. The number of carbonyl (C=O) groups excluding carboxylic acids is 1. The van der Waals surface area contributed by atoms with E-state index in [0.717, 1.165) is 5.56 Å². The van der Waals surface area contributed by atoms with E-state index in [0.29, 0.717) is 30.0 Å². The van der Waals surface area contributed by atoms with Crippen LogP contribution in [0.4, 0.5) is 0 Å². The molecular weight excluding hydrogens is 318 g/mol. The fourth-order valence-electron chi connectivity index (χ4n) is 2.34. The van der Waals surface area contributed by atoms with Gasteiger partial charge in [0.25, 0.3) is 0 Å². The molecule has 0 aromatic heterocycles. The zero-order valence-corrected chi connectivity index (χ0v) is 14.9. The molecular formula is C20H25NO4. The zero-order valence-electron chi connectivity index (χ0n) is 14.9. The van der Waals surface area contributed by atoms with Crippen molar-refractivity contribution < 1.29 is 19.4 Å². The van der Waals surface area contributed by atoms with E-state index in [9.17, 15) is 9.90 Å². The minimum Gasteiger partial charge on any atom is -0.489 e. The van der Waals surface area contributed by atoms with E-state index in [2.05, 4.69) is 5.32 Å². The van der Waals surface area contributed by atoms with Gasteiger partial charge >= 0.3 is 5.97 Å². The van der Waals surface area contributed by atoms with E-state index in [-0.39, 0.29) is 6.04 Å². The maximum atomic E-state index is 11.9. The van der Waals surface area contributed by atoms with Gasteiger partial charge in [-0.1, -0.05) is 44.2 Å². The second-order valence-corrected chi connectivity index (χ2v) is 6.14. The molecule has 0 saturated carbocycles. The van der Waals surface area contributed by atoms with Gasteiger partial charge in [0.15, 0.2) is 0 Å². The maximum absolute atomic E-state index is 11.9. The van der Waals surface area contributed by atoms with Crippen LogP contribution in [0.25, 0.3) is 0 Å². The first-order valence-electron chi connectivity index (χ1n) is 8.31. The third-order valence-electron chi connectivity index (χ3n) is 3.70. The molecule has 2 N–H and O–H groups in total. The van der Waals surface area contributed by atoms with E-state index in [1.165, 1.54) is 7.11 Å². The van der Waals surface area contributed by atoms with E-state index < -0.39 is 12.1 Å². The number of methoxy groups -OCH3 is 1. The molecule has 0 radical (unpaired) electrons. The molecule has 0 fully saturated rings. The molecule has 5 heteroatoms. The van der Waals surface area contributed by atoms with Crippen molar-refractivity contribution in [1.82, 2.24) is 5.32 Å². The van der Waals surface area contributed by atoms with Crippen LogP contribution in [-0.2, 0) is 11.3 Å².